The minimum Gasteiger partial charge on any atom is -0.367 e. The van der Waals surface area contributed by atoms with E-state index in [1.807, 2.05) is 0 Å². The van der Waals surface area contributed by atoms with Crippen molar-refractivity contribution >= 4 is 33.3 Å². The van der Waals surface area contributed by atoms with Crippen LogP contribution in [0.25, 0.3) is 10.2 Å². The maximum atomic E-state index is 5.45. The van der Waals surface area contributed by atoms with Crippen molar-refractivity contribution in [2.45, 2.75) is 39.2 Å². The Bertz CT molecular complexity index is 590. The van der Waals surface area contributed by atoms with Gasteiger partial charge in [-0.1, -0.05) is 6.42 Å². The summed E-state index contributed by atoms with van der Waals surface area (Å²) in [7, 11) is 0. The summed E-state index contributed by atoms with van der Waals surface area (Å²) >= 11 is 1.66. The van der Waals surface area contributed by atoms with Crippen LogP contribution in [0.1, 0.15) is 31.1 Å². The lowest BCUT2D eigenvalue weighted by molar-refractivity contribution is 0.285. The molecule has 2 heterocycles. The number of nitrogens with two attached hydrogens (primary N) is 1. The Morgan fingerprint density at radius 3 is 2.84 bits per heavy atom. The fourth-order valence-electron chi connectivity index (χ4n) is 2.49. The fourth-order valence-corrected chi connectivity index (χ4v) is 3.37. The number of aromatic nitrogens is 2. The lowest BCUT2D eigenvalue weighted by Crippen LogP contribution is -2.31. The first kappa shape index (κ1) is 12.6. The zero-order chi connectivity index (χ0) is 13.4. The number of hydrogen-bond acceptors (Lipinski definition) is 6. The molecule has 2 aromatic heterocycles. The van der Waals surface area contributed by atoms with Crippen LogP contribution in [0.2, 0.25) is 0 Å². The third-order valence-electron chi connectivity index (χ3n) is 3.87. The lowest BCUT2D eigenvalue weighted by Gasteiger charge is -2.32. The van der Waals surface area contributed by atoms with E-state index in [4.69, 9.17) is 5.84 Å². The van der Waals surface area contributed by atoms with Crippen molar-refractivity contribution in [3.63, 3.8) is 0 Å². The predicted molar refractivity (Wildman–Crippen MR) is 80.4 cm³/mol. The van der Waals surface area contributed by atoms with E-state index in [0.29, 0.717) is 12.0 Å². The molecule has 3 rings (SSSR count). The van der Waals surface area contributed by atoms with Gasteiger partial charge in [0.15, 0.2) is 0 Å². The molecule has 0 aliphatic heterocycles. The van der Waals surface area contributed by atoms with Crippen molar-refractivity contribution in [2.24, 2.45) is 11.8 Å². The molecule has 0 spiro atoms. The molecule has 1 fully saturated rings. The minimum absolute atomic E-state index is 0.442. The van der Waals surface area contributed by atoms with Crippen LogP contribution >= 0.6 is 11.3 Å². The summed E-state index contributed by atoms with van der Waals surface area (Å²) < 4.78 is 0. The molecule has 5 nitrogen and oxygen atoms in total. The summed E-state index contributed by atoms with van der Waals surface area (Å²) in [4.78, 5) is 11.1. The van der Waals surface area contributed by atoms with E-state index >= 15 is 0 Å². The summed E-state index contributed by atoms with van der Waals surface area (Å²) in [6.45, 7) is 4.31. The molecule has 1 aliphatic carbocycles. The number of nitrogens with zero attached hydrogens (tertiary/aromatic N) is 2. The monoisotopic (exact) mass is 277 g/mol. The first-order valence-electron chi connectivity index (χ1n) is 6.68. The molecule has 1 atom stereocenters. The van der Waals surface area contributed by atoms with Gasteiger partial charge in [0.1, 0.15) is 10.6 Å². The lowest BCUT2D eigenvalue weighted by atomic mass is 9.80. The zero-order valence-corrected chi connectivity index (χ0v) is 12.0. The average Bonchev–Trinajstić information content (AvgIpc) is 2.67. The Morgan fingerprint density at radius 1 is 1.42 bits per heavy atom. The van der Waals surface area contributed by atoms with Crippen molar-refractivity contribution in [2.75, 3.05) is 10.7 Å². The number of fused-ring (bicyclic) bond motifs is 1. The molecule has 0 radical (unpaired) electrons. The smallest absolute Gasteiger partial charge is 0.240 e. The van der Waals surface area contributed by atoms with Crippen LogP contribution in [-0.4, -0.2) is 16.0 Å². The fraction of sp³-hybridized carbons (Fsp3) is 0.538. The van der Waals surface area contributed by atoms with Crippen LogP contribution in [-0.2, 0) is 0 Å². The predicted octanol–water partition coefficient (Wildman–Crippen LogP) is 2.89. The largest absolute Gasteiger partial charge is 0.367 e. The van der Waals surface area contributed by atoms with Crippen LogP contribution in [0.5, 0.6) is 0 Å². The molecule has 19 heavy (non-hydrogen) atoms. The van der Waals surface area contributed by atoms with Crippen LogP contribution in [0.4, 0.5) is 11.8 Å². The summed E-state index contributed by atoms with van der Waals surface area (Å²) in [5.74, 6) is 7.57. The van der Waals surface area contributed by atoms with Crippen molar-refractivity contribution in [3.05, 3.63) is 10.9 Å². The Hall–Kier alpha value is -1.40. The number of aryl methyl sites for hydroxylation is 1. The van der Waals surface area contributed by atoms with Gasteiger partial charge in [0.2, 0.25) is 5.95 Å². The van der Waals surface area contributed by atoms with Crippen molar-refractivity contribution < 1.29 is 0 Å². The number of nitrogens with one attached hydrogen (secondary N) is 2. The third-order valence-corrected chi connectivity index (χ3v) is 4.81. The van der Waals surface area contributed by atoms with Crippen molar-refractivity contribution in [1.29, 1.82) is 0 Å². The molecule has 0 aromatic carbocycles. The molecular weight excluding hydrogens is 258 g/mol. The quantitative estimate of drug-likeness (QED) is 0.592. The van der Waals surface area contributed by atoms with Gasteiger partial charge >= 0.3 is 0 Å². The van der Waals surface area contributed by atoms with Crippen LogP contribution < -0.4 is 16.6 Å². The standard InChI is InChI=1S/C13H19N5S/c1-7-6-10-11(15-8(2)9-4-3-5-9)16-13(18-14)17-12(10)19-7/h6,8-9H,3-5,14H2,1-2H3,(H2,15,16,17,18). The number of thiophene rings is 1. The normalized spacial score (nSPS) is 17.2. The molecule has 1 unspecified atom stereocenters. The molecular formula is C13H19N5S. The summed E-state index contributed by atoms with van der Waals surface area (Å²) in [6, 6.07) is 2.58. The maximum Gasteiger partial charge on any atom is 0.240 e. The minimum atomic E-state index is 0.442. The Morgan fingerprint density at radius 2 is 2.21 bits per heavy atom. The Labute approximate surface area is 116 Å². The average molecular weight is 277 g/mol. The van der Waals surface area contributed by atoms with E-state index in [1.165, 1.54) is 24.1 Å². The molecule has 4 N–H and O–H groups in total. The summed E-state index contributed by atoms with van der Waals surface area (Å²) in [5, 5.41) is 4.63. The number of hydrogen-bond donors (Lipinski definition) is 3. The molecule has 102 valence electrons. The first-order valence-corrected chi connectivity index (χ1v) is 7.50. The highest BCUT2D eigenvalue weighted by atomic mass is 32.1. The number of nitrogen functional groups attached to an aromatic ring is 1. The molecule has 0 saturated heterocycles. The van der Waals surface area contributed by atoms with E-state index in [2.05, 4.69) is 40.6 Å². The maximum absolute atomic E-state index is 5.45. The number of rotatable bonds is 4. The van der Waals surface area contributed by atoms with Gasteiger partial charge in [-0.3, -0.25) is 5.43 Å². The van der Waals surface area contributed by atoms with E-state index in [1.54, 1.807) is 11.3 Å². The van der Waals surface area contributed by atoms with E-state index in [9.17, 15) is 0 Å². The molecule has 0 bridgehead atoms. The van der Waals surface area contributed by atoms with Crippen LogP contribution in [0, 0.1) is 12.8 Å². The summed E-state index contributed by atoms with van der Waals surface area (Å²) in [6.07, 6.45) is 3.98. The number of hydrazine groups is 1. The van der Waals surface area contributed by atoms with Crippen molar-refractivity contribution in [1.82, 2.24) is 9.97 Å². The van der Waals surface area contributed by atoms with Gasteiger partial charge in [-0.25, -0.2) is 10.8 Å². The number of anilines is 2. The SMILES string of the molecule is Cc1cc2c(NC(C)C3CCC3)nc(NN)nc2s1. The van der Waals surface area contributed by atoms with Crippen molar-refractivity contribution in [3.8, 4) is 0 Å². The van der Waals surface area contributed by atoms with E-state index in [-0.39, 0.29) is 0 Å². The molecule has 0 amide bonds. The molecule has 6 heteroatoms. The van der Waals surface area contributed by atoms with E-state index in [0.717, 1.165) is 22.0 Å². The van der Waals surface area contributed by atoms with Gasteiger partial charge < -0.3 is 5.32 Å². The molecule has 1 saturated carbocycles. The second-order valence-electron chi connectivity index (χ2n) is 5.24. The highest BCUT2D eigenvalue weighted by molar-refractivity contribution is 7.18. The first-order chi connectivity index (χ1) is 9.17. The molecule has 2 aromatic rings. The third kappa shape index (κ3) is 2.37. The van der Waals surface area contributed by atoms with E-state index < -0.39 is 0 Å². The Kier molecular flexibility index (Phi) is 3.28. The zero-order valence-electron chi connectivity index (χ0n) is 11.2. The van der Waals surface area contributed by atoms with Gasteiger partial charge in [0.25, 0.3) is 0 Å². The highest BCUT2D eigenvalue weighted by Gasteiger charge is 2.24. The Balaban J connectivity index is 1.95. The summed E-state index contributed by atoms with van der Waals surface area (Å²) in [5.41, 5.74) is 2.54. The van der Waals surface area contributed by atoms with Crippen LogP contribution in [0.3, 0.4) is 0 Å². The van der Waals surface area contributed by atoms with Gasteiger partial charge in [-0.15, -0.1) is 11.3 Å². The van der Waals surface area contributed by atoms with Gasteiger partial charge in [-0.05, 0) is 38.7 Å². The topological polar surface area (TPSA) is 75.9 Å². The van der Waals surface area contributed by atoms with Gasteiger partial charge in [0.05, 0.1) is 5.39 Å². The second kappa shape index (κ2) is 4.94. The molecule has 1 aliphatic rings. The van der Waals surface area contributed by atoms with Gasteiger partial charge in [0, 0.05) is 10.9 Å². The van der Waals surface area contributed by atoms with Crippen LogP contribution in [0.15, 0.2) is 6.07 Å². The van der Waals surface area contributed by atoms with Gasteiger partial charge in [-0.2, -0.15) is 4.98 Å². The second-order valence-corrected chi connectivity index (χ2v) is 6.47. The highest BCUT2D eigenvalue weighted by Crippen LogP contribution is 2.34.